The summed E-state index contributed by atoms with van der Waals surface area (Å²) in [7, 11) is 0. The monoisotopic (exact) mass is 473 g/mol. The van der Waals surface area contributed by atoms with E-state index in [1.807, 2.05) is 13.0 Å². The summed E-state index contributed by atoms with van der Waals surface area (Å²) in [6.45, 7) is 2.54. The van der Waals surface area contributed by atoms with Gasteiger partial charge in [0.25, 0.3) is 5.56 Å². The summed E-state index contributed by atoms with van der Waals surface area (Å²) >= 11 is 7.46. The van der Waals surface area contributed by atoms with E-state index in [1.165, 1.54) is 20.3 Å². The van der Waals surface area contributed by atoms with Gasteiger partial charge in [0.15, 0.2) is 0 Å². The van der Waals surface area contributed by atoms with Crippen molar-refractivity contribution in [2.24, 2.45) is 0 Å². The van der Waals surface area contributed by atoms with Crippen molar-refractivity contribution >= 4 is 50.5 Å². The summed E-state index contributed by atoms with van der Waals surface area (Å²) in [6, 6.07) is 6.99. The first kappa shape index (κ1) is 20.9. The third-order valence-electron chi connectivity index (χ3n) is 5.49. The van der Waals surface area contributed by atoms with Crippen molar-refractivity contribution in [2.45, 2.75) is 39.0 Å². The maximum absolute atomic E-state index is 13.2. The van der Waals surface area contributed by atoms with E-state index < -0.39 is 11.6 Å². The Morgan fingerprint density at radius 3 is 2.94 bits per heavy atom. The number of nitrogens with zero attached hydrogens (tertiary/aromatic N) is 4. The second kappa shape index (κ2) is 8.19. The Balaban J connectivity index is 1.54. The van der Waals surface area contributed by atoms with Crippen LogP contribution in [0.15, 0.2) is 39.2 Å². The number of carbonyl (C=O) groups is 1. The molecule has 0 radical (unpaired) electrons. The number of aromatic nitrogens is 4. The summed E-state index contributed by atoms with van der Waals surface area (Å²) in [6.07, 6.45) is 1.66. The van der Waals surface area contributed by atoms with E-state index in [1.54, 1.807) is 23.6 Å². The number of nitrogens with one attached hydrogen (secondary N) is 1. The molecule has 1 aromatic carbocycles. The molecule has 0 aliphatic carbocycles. The molecule has 0 bridgehead atoms. The first-order chi connectivity index (χ1) is 15.4. The van der Waals surface area contributed by atoms with Gasteiger partial charge in [-0.15, -0.1) is 16.4 Å². The first-order valence-corrected chi connectivity index (χ1v) is 11.5. The lowest BCUT2D eigenvalue weighted by Crippen LogP contribution is -2.30. The van der Waals surface area contributed by atoms with Gasteiger partial charge < -0.3 is 10.1 Å². The fourth-order valence-corrected chi connectivity index (χ4v) is 5.05. The number of halogens is 1. The van der Waals surface area contributed by atoms with Gasteiger partial charge in [-0.05, 0) is 48.9 Å². The number of thiophene rings is 1. The fraction of sp³-hybridized carbons (Fsp3) is 0.333. The van der Waals surface area contributed by atoms with E-state index in [0.29, 0.717) is 34.1 Å². The van der Waals surface area contributed by atoms with E-state index in [9.17, 15) is 14.4 Å². The van der Waals surface area contributed by atoms with Crippen molar-refractivity contribution in [1.82, 2.24) is 18.7 Å². The lowest BCUT2D eigenvalue weighted by Gasteiger charge is -2.12. The van der Waals surface area contributed by atoms with Gasteiger partial charge in [0.2, 0.25) is 11.7 Å². The second-order valence-corrected chi connectivity index (χ2v) is 9.12. The van der Waals surface area contributed by atoms with Crippen LogP contribution in [0.2, 0.25) is 5.02 Å². The van der Waals surface area contributed by atoms with Crippen molar-refractivity contribution < 1.29 is 9.53 Å². The van der Waals surface area contributed by atoms with E-state index in [2.05, 4.69) is 10.4 Å². The number of carbonyl (C=O) groups excluding carboxylic acids is 1. The van der Waals surface area contributed by atoms with Crippen molar-refractivity contribution in [3.63, 3.8) is 0 Å². The first-order valence-electron chi connectivity index (χ1n) is 10.2. The van der Waals surface area contributed by atoms with Crippen LogP contribution in [0.4, 0.5) is 5.69 Å². The average Bonchev–Trinajstić information content (AvgIpc) is 3.49. The van der Waals surface area contributed by atoms with Crippen LogP contribution >= 0.6 is 22.9 Å². The summed E-state index contributed by atoms with van der Waals surface area (Å²) in [5.74, 6) is -0.251. The molecule has 1 N–H and O–H groups in total. The number of amides is 1. The number of ether oxygens (including phenoxy) is 1. The summed E-state index contributed by atoms with van der Waals surface area (Å²) in [5.41, 5.74) is 1.20. The molecule has 1 atom stereocenters. The zero-order valence-electron chi connectivity index (χ0n) is 17.2. The number of benzene rings is 1. The fourth-order valence-electron chi connectivity index (χ4n) is 3.94. The molecular formula is C21H20ClN5O4S. The molecule has 4 heterocycles. The molecular weight excluding hydrogens is 454 g/mol. The second-order valence-electron chi connectivity index (χ2n) is 7.79. The van der Waals surface area contributed by atoms with Crippen LogP contribution in [-0.4, -0.2) is 37.4 Å². The van der Waals surface area contributed by atoms with Crippen LogP contribution in [0, 0.1) is 6.92 Å². The minimum atomic E-state index is -0.491. The van der Waals surface area contributed by atoms with E-state index in [-0.39, 0.29) is 24.0 Å². The highest BCUT2D eigenvalue weighted by molar-refractivity contribution is 7.17. The van der Waals surface area contributed by atoms with Gasteiger partial charge in [-0.1, -0.05) is 17.7 Å². The smallest absolute Gasteiger partial charge is 0.352 e. The van der Waals surface area contributed by atoms with Gasteiger partial charge in [0.05, 0.1) is 28.9 Å². The summed E-state index contributed by atoms with van der Waals surface area (Å²) in [5, 5.41) is 9.23. The van der Waals surface area contributed by atoms with Crippen molar-refractivity contribution in [2.75, 3.05) is 11.9 Å². The van der Waals surface area contributed by atoms with Gasteiger partial charge in [-0.3, -0.25) is 14.2 Å². The van der Waals surface area contributed by atoms with Gasteiger partial charge in [-0.2, -0.15) is 0 Å². The Morgan fingerprint density at radius 2 is 2.19 bits per heavy atom. The summed E-state index contributed by atoms with van der Waals surface area (Å²) < 4.78 is 10.1. The molecule has 1 fully saturated rings. The third kappa shape index (κ3) is 3.64. The highest BCUT2D eigenvalue weighted by Gasteiger charge is 2.23. The maximum Gasteiger partial charge on any atom is 0.352 e. The van der Waals surface area contributed by atoms with Gasteiger partial charge in [-0.25, -0.2) is 13.9 Å². The van der Waals surface area contributed by atoms with Crippen LogP contribution in [-0.2, 0) is 22.6 Å². The van der Waals surface area contributed by atoms with Crippen molar-refractivity contribution in [1.29, 1.82) is 0 Å². The van der Waals surface area contributed by atoms with Crippen LogP contribution in [0.1, 0.15) is 18.4 Å². The Hall–Kier alpha value is -2.95. The van der Waals surface area contributed by atoms with Crippen LogP contribution < -0.4 is 16.6 Å². The van der Waals surface area contributed by atoms with Gasteiger partial charge in [0, 0.05) is 6.61 Å². The van der Waals surface area contributed by atoms with E-state index in [4.69, 9.17) is 16.3 Å². The molecule has 166 valence electrons. The minimum Gasteiger partial charge on any atom is -0.376 e. The quantitative estimate of drug-likeness (QED) is 0.480. The van der Waals surface area contributed by atoms with Crippen LogP contribution in [0.25, 0.3) is 16.0 Å². The lowest BCUT2D eigenvalue weighted by molar-refractivity contribution is -0.117. The normalized spacial score (nSPS) is 16.2. The molecule has 1 aliphatic heterocycles. The van der Waals surface area contributed by atoms with Crippen molar-refractivity contribution in [3.05, 3.63) is 61.1 Å². The Labute approximate surface area is 190 Å². The molecule has 11 heteroatoms. The van der Waals surface area contributed by atoms with Crippen molar-refractivity contribution in [3.8, 4) is 0 Å². The Bertz CT molecular complexity index is 1460. The molecule has 0 spiro atoms. The Morgan fingerprint density at radius 1 is 1.34 bits per heavy atom. The molecule has 32 heavy (non-hydrogen) atoms. The maximum atomic E-state index is 13.2. The van der Waals surface area contributed by atoms with E-state index >= 15 is 0 Å². The predicted octanol–water partition coefficient (Wildman–Crippen LogP) is 2.65. The number of hydrogen-bond donors (Lipinski definition) is 1. The molecule has 1 amide bonds. The van der Waals surface area contributed by atoms with Gasteiger partial charge in [0.1, 0.15) is 11.2 Å². The highest BCUT2D eigenvalue weighted by atomic mass is 35.5. The molecule has 1 saturated heterocycles. The number of rotatable bonds is 5. The largest absolute Gasteiger partial charge is 0.376 e. The SMILES string of the molecule is Cc1ccc(NC(=O)Cn2nc3n(CC4CCCO4)c(=O)c4sccc4n3c2=O)c(Cl)c1. The molecule has 5 rings (SSSR count). The highest BCUT2D eigenvalue weighted by Crippen LogP contribution is 2.23. The van der Waals surface area contributed by atoms with Crippen LogP contribution in [0.5, 0.6) is 0 Å². The average molecular weight is 474 g/mol. The molecule has 0 saturated carbocycles. The predicted molar refractivity (Wildman–Crippen MR) is 123 cm³/mol. The number of anilines is 1. The van der Waals surface area contributed by atoms with Crippen LogP contribution in [0.3, 0.4) is 0 Å². The molecule has 4 aromatic rings. The number of aryl methyl sites for hydroxylation is 1. The van der Waals surface area contributed by atoms with Gasteiger partial charge >= 0.3 is 5.69 Å². The van der Waals surface area contributed by atoms with E-state index in [0.717, 1.165) is 23.1 Å². The molecule has 1 unspecified atom stereocenters. The standard InChI is InChI=1S/C21H20ClN5O4S/c1-12-4-5-15(14(22)9-12)23-17(28)11-26-21(30)27-16-6-8-32-18(16)19(29)25(20(27)24-26)10-13-3-2-7-31-13/h4-6,8-9,13H,2-3,7,10-11H2,1H3,(H,23,28). The zero-order chi connectivity index (χ0) is 22.4. The lowest BCUT2D eigenvalue weighted by atomic mass is 10.2. The number of hydrogen-bond acceptors (Lipinski definition) is 6. The molecule has 3 aromatic heterocycles. The minimum absolute atomic E-state index is 0.110. The topological polar surface area (TPSA) is 99.6 Å². The zero-order valence-corrected chi connectivity index (χ0v) is 18.8. The molecule has 9 nitrogen and oxygen atoms in total. The number of fused-ring (bicyclic) bond motifs is 3. The molecule has 1 aliphatic rings. The Kier molecular flexibility index (Phi) is 5.36. The third-order valence-corrected chi connectivity index (χ3v) is 6.69. The summed E-state index contributed by atoms with van der Waals surface area (Å²) in [4.78, 5) is 38.9.